The monoisotopic (exact) mass is 406 g/mol. The van der Waals surface area contributed by atoms with Crippen LogP contribution >= 0.6 is 0 Å². The first-order chi connectivity index (χ1) is 14.7. The van der Waals surface area contributed by atoms with Gasteiger partial charge in [0.2, 0.25) is 5.91 Å². The van der Waals surface area contributed by atoms with E-state index < -0.39 is 0 Å². The standard InChI is InChI=1S/C21H22N6O3/c28-19(8-14-10-22-21-23-13-24-27(21)11-14)26-6-5-15-3-4-17(9-16(15)12-26)25-20(29)18-2-1-7-30-18/h3-4,9-11,13,18H,1-2,5-8,12H2,(H,25,29). The van der Waals surface area contributed by atoms with Crippen LogP contribution in [0.3, 0.4) is 0 Å². The molecule has 1 saturated heterocycles. The Kier molecular flexibility index (Phi) is 4.88. The van der Waals surface area contributed by atoms with Gasteiger partial charge in [-0.1, -0.05) is 6.07 Å². The second-order valence-electron chi connectivity index (χ2n) is 7.68. The summed E-state index contributed by atoms with van der Waals surface area (Å²) in [7, 11) is 0. The summed E-state index contributed by atoms with van der Waals surface area (Å²) in [5, 5.41) is 7.01. The lowest BCUT2D eigenvalue weighted by molar-refractivity contribution is -0.131. The van der Waals surface area contributed by atoms with Crippen LogP contribution in [0.2, 0.25) is 0 Å². The van der Waals surface area contributed by atoms with Gasteiger partial charge in [0.15, 0.2) is 0 Å². The molecule has 9 heteroatoms. The number of carbonyl (C=O) groups is 2. The molecular weight excluding hydrogens is 384 g/mol. The summed E-state index contributed by atoms with van der Waals surface area (Å²) in [5.74, 6) is 0.443. The number of carbonyl (C=O) groups excluding carboxylic acids is 2. The molecule has 0 spiro atoms. The number of fused-ring (bicyclic) bond motifs is 2. The van der Waals surface area contributed by atoms with Crippen molar-refractivity contribution in [3.05, 3.63) is 53.6 Å². The minimum atomic E-state index is -0.366. The normalized spacial score (nSPS) is 18.4. The third kappa shape index (κ3) is 3.76. The Morgan fingerprint density at radius 1 is 1.23 bits per heavy atom. The molecule has 1 N–H and O–H groups in total. The SMILES string of the molecule is O=C(Nc1ccc2c(c1)CN(C(=O)Cc1cnc3ncnn3c1)CC2)C1CCCO1. The molecule has 9 nitrogen and oxygen atoms in total. The minimum Gasteiger partial charge on any atom is -0.368 e. The van der Waals surface area contributed by atoms with Gasteiger partial charge in [0, 0.05) is 37.8 Å². The van der Waals surface area contributed by atoms with E-state index in [-0.39, 0.29) is 24.3 Å². The fourth-order valence-corrected chi connectivity index (χ4v) is 3.99. The summed E-state index contributed by atoms with van der Waals surface area (Å²) in [5.41, 5.74) is 3.80. The molecule has 2 aliphatic heterocycles. The maximum atomic E-state index is 12.9. The van der Waals surface area contributed by atoms with Gasteiger partial charge in [-0.05, 0) is 48.1 Å². The number of amides is 2. The number of aromatic nitrogens is 4. The second kappa shape index (κ2) is 7.83. The van der Waals surface area contributed by atoms with Crippen molar-refractivity contribution < 1.29 is 14.3 Å². The summed E-state index contributed by atoms with van der Waals surface area (Å²) < 4.78 is 7.01. The van der Waals surface area contributed by atoms with E-state index >= 15 is 0 Å². The number of hydrogen-bond acceptors (Lipinski definition) is 6. The highest BCUT2D eigenvalue weighted by Crippen LogP contribution is 2.24. The van der Waals surface area contributed by atoms with Gasteiger partial charge in [0.25, 0.3) is 11.7 Å². The lowest BCUT2D eigenvalue weighted by Gasteiger charge is -2.29. The van der Waals surface area contributed by atoms with E-state index in [2.05, 4.69) is 20.4 Å². The summed E-state index contributed by atoms with van der Waals surface area (Å²) >= 11 is 0. The van der Waals surface area contributed by atoms with Crippen LogP contribution in [0, 0.1) is 0 Å². The first-order valence-corrected chi connectivity index (χ1v) is 10.1. The van der Waals surface area contributed by atoms with Crippen LogP contribution in [0.1, 0.15) is 29.5 Å². The molecule has 5 rings (SSSR count). The van der Waals surface area contributed by atoms with Gasteiger partial charge in [0.05, 0.1) is 6.42 Å². The van der Waals surface area contributed by atoms with Crippen molar-refractivity contribution >= 4 is 23.3 Å². The number of anilines is 1. The van der Waals surface area contributed by atoms with Gasteiger partial charge in [-0.2, -0.15) is 10.1 Å². The topological polar surface area (TPSA) is 102 Å². The van der Waals surface area contributed by atoms with Crippen LogP contribution in [0.25, 0.3) is 5.78 Å². The van der Waals surface area contributed by atoms with Crippen LogP contribution in [0.15, 0.2) is 36.9 Å². The zero-order valence-corrected chi connectivity index (χ0v) is 16.5. The highest BCUT2D eigenvalue weighted by molar-refractivity contribution is 5.94. The third-order valence-electron chi connectivity index (χ3n) is 5.60. The van der Waals surface area contributed by atoms with Crippen LogP contribution in [0.4, 0.5) is 5.69 Å². The highest BCUT2D eigenvalue weighted by atomic mass is 16.5. The van der Waals surface area contributed by atoms with Gasteiger partial charge in [0.1, 0.15) is 12.4 Å². The van der Waals surface area contributed by atoms with E-state index in [0.29, 0.717) is 25.5 Å². The zero-order chi connectivity index (χ0) is 20.5. The lowest BCUT2D eigenvalue weighted by Crippen LogP contribution is -2.37. The Hall–Kier alpha value is -3.33. The van der Waals surface area contributed by atoms with E-state index in [1.54, 1.807) is 16.9 Å². The maximum Gasteiger partial charge on any atom is 0.253 e. The summed E-state index contributed by atoms with van der Waals surface area (Å²) in [6.07, 6.45) is 7.24. The van der Waals surface area contributed by atoms with Gasteiger partial charge in [-0.15, -0.1) is 0 Å². The van der Waals surface area contributed by atoms with E-state index in [9.17, 15) is 9.59 Å². The maximum absolute atomic E-state index is 12.9. The molecule has 2 aromatic heterocycles. The molecule has 1 fully saturated rings. The fourth-order valence-electron chi connectivity index (χ4n) is 3.99. The molecule has 0 radical (unpaired) electrons. The molecule has 3 aromatic rings. The number of benzene rings is 1. The average molecular weight is 406 g/mol. The molecule has 30 heavy (non-hydrogen) atoms. The number of rotatable bonds is 4. The van der Waals surface area contributed by atoms with Crippen molar-refractivity contribution in [1.82, 2.24) is 24.5 Å². The summed E-state index contributed by atoms with van der Waals surface area (Å²) in [6.45, 7) is 1.84. The summed E-state index contributed by atoms with van der Waals surface area (Å²) in [6, 6.07) is 5.91. The number of nitrogens with zero attached hydrogens (tertiary/aromatic N) is 5. The van der Waals surface area contributed by atoms with Crippen molar-refractivity contribution in [2.45, 2.75) is 38.3 Å². The molecule has 2 amide bonds. The van der Waals surface area contributed by atoms with Crippen molar-refractivity contribution in [2.24, 2.45) is 0 Å². The van der Waals surface area contributed by atoms with Gasteiger partial charge >= 0.3 is 0 Å². The third-order valence-corrected chi connectivity index (χ3v) is 5.60. The van der Waals surface area contributed by atoms with Crippen LogP contribution < -0.4 is 5.32 Å². The molecule has 4 heterocycles. The highest BCUT2D eigenvalue weighted by Gasteiger charge is 2.25. The number of hydrogen-bond donors (Lipinski definition) is 1. The molecule has 0 bridgehead atoms. The smallest absolute Gasteiger partial charge is 0.253 e. The molecule has 154 valence electrons. The molecule has 1 unspecified atom stereocenters. The predicted molar refractivity (Wildman–Crippen MR) is 108 cm³/mol. The van der Waals surface area contributed by atoms with Crippen LogP contribution in [-0.2, 0) is 33.7 Å². The van der Waals surface area contributed by atoms with Crippen LogP contribution in [0.5, 0.6) is 0 Å². The molecule has 1 atom stereocenters. The van der Waals surface area contributed by atoms with Gasteiger partial charge < -0.3 is 15.0 Å². The van der Waals surface area contributed by atoms with Gasteiger partial charge in [-0.3, -0.25) is 9.59 Å². The molecule has 0 saturated carbocycles. The van der Waals surface area contributed by atoms with Crippen molar-refractivity contribution in [1.29, 1.82) is 0 Å². The van der Waals surface area contributed by atoms with E-state index in [4.69, 9.17) is 4.74 Å². The molecule has 2 aliphatic rings. The Balaban J connectivity index is 1.26. The van der Waals surface area contributed by atoms with Gasteiger partial charge in [-0.25, -0.2) is 9.50 Å². The lowest BCUT2D eigenvalue weighted by atomic mass is 9.98. The van der Waals surface area contributed by atoms with E-state index in [1.165, 1.54) is 11.9 Å². The first kappa shape index (κ1) is 18.7. The first-order valence-electron chi connectivity index (χ1n) is 10.1. The predicted octanol–water partition coefficient (Wildman–Crippen LogP) is 1.37. The molecule has 1 aromatic carbocycles. The summed E-state index contributed by atoms with van der Waals surface area (Å²) in [4.78, 5) is 35.2. The Morgan fingerprint density at radius 2 is 2.17 bits per heavy atom. The zero-order valence-electron chi connectivity index (χ0n) is 16.5. The van der Waals surface area contributed by atoms with Crippen molar-refractivity contribution in [3.63, 3.8) is 0 Å². The second-order valence-corrected chi connectivity index (χ2v) is 7.68. The number of ether oxygens (including phenoxy) is 1. The molecular formula is C21H22N6O3. The van der Waals surface area contributed by atoms with Crippen LogP contribution in [-0.4, -0.2) is 55.6 Å². The quantitative estimate of drug-likeness (QED) is 0.702. The van der Waals surface area contributed by atoms with E-state index in [1.807, 2.05) is 23.1 Å². The van der Waals surface area contributed by atoms with Crippen molar-refractivity contribution in [3.8, 4) is 0 Å². The Morgan fingerprint density at radius 3 is 3.03 bits per heavy atom. The van der Waals surface area contributed by atoms with E-state index in [0.717, 1.165) is 36.1 Å². The Labute approximate surface area is 173 Å². The number of nitrogens with one attached hydrogen (secondary N) is 1. The Bertz CT molecular complexity index is 1110. The average Bonchev–Trinajstić information content (AvgIpc) is 3.45. The fraction of sp³-hybridized carbons (Fsp3) is 0.381. The minimum absolute atomic E-state index is 0.0377. The molecule has 0 aliphatic carbocycles. The largest absolute Gasteiger partial charge is 0.368 e. The van der Waals surface area contributed by atoms with Crippen molar-refractivity contribution in [2.75, 3.05) is 18.5 Å².